The highest BCUT2D eigenvalue weighted by Gasteiger charge is 2.54. The molecule has 4 aliphatic rings. The topological polar surface area (TPSA) is 120 Å². The summed E-state index contributed by atoms with van der Waals surface area (Å²) in [5.41, 5.74) is 1.52. The van der Waals surface area contributed by atoms with E-state index in [0.29, 0.717) is 18.4 Å². The minimum Gasteiger partial charge on any atom is -0.480 e. The predicted molar refractivity (Wildman–Crippen MR) is 147 cm³/mol. The Balaban J connectivity index is 1.26. The number of hydrogen-bond acceptors (Lipinski definition) is 8. The van der Waals surface area contributed by atoms with E-state index >= 15 is 0 Å². The van der Waals surface area contributed by atoms with Crippen molar-refractivity contribution < 1.29 is 28.7 Å². The van der Waals surface area contributed by atoms with Crippen molar-refractivity contribution in [2.45, 2.75) is 50.9 Å². The van der Waals surface area contributed by atoms with E-state index in [9.17, 15) is 24.0 Å². The van der Waals surface area contributed by atoms with Gasteiger partial charge in [-0.25, -0.2) is 0 Å². The summed E-state index contributed by atoms with van der Waals surface area (Å²) in [6, 6.07) is 5.29. The van der Waals surface area contributed by atoms with Crippen molar-refractivity contribution in [2.75, 3.05) is 51.2 Å². The maximum Gasteiger partial charge on any atom is 0.272 e. The van der Waals surface area contributed by atoms with E-state index in [2.05, 4.69) is 22.2 Å². The molecule has 0 radical (unpaired) electrons. The van der Waals surface area contributed by atoms with Crippen LogP contribution < -0.4 is 10.2 Å². The van der Waals surface area contributed by atoms with E-state index in [1.165, 1.54) is 22.1 Å². The SMILES string of the molecule is CC(C)CC(NC(=O)c1ccc(N2CCN(C)CC2)cc1)C(=O)N1CCC2C1C(=O)CN2C(=O)C1OC=CC1=O. The summed E-state index contributed by atoms with van der Waals surface area (Å²) in [5, 5.41) is 2.91. The normalized spacial score (nSPS) is 25.4. The van der Waals surface area contributed by atoms with Gasteiger partial charge in [-0.2, -0.15) is 0 Å². The molecule has 4 unspecified atom stereocenters. The van der Waals surface area contributed by atoms with E-state index in [-0.39, 0.29) is 36.6 Å². The number of hydrogen-bond donors (Lipinski definition) is 1. The number of carbonyl (C=O) groups excluding carboxylic acids is 5. The van der Waals surface area contributed by atoms with Crippen molar-refractivity contribution in [3.63, 3.8) is 0 Å². The quantitative estimate of drug-likeness (QED) is 0.485. The Morgan fingerprint density at radius 3 is 2.33 bits per heavy atom. The molecule has 0 bridgehead atoms. The fourth-order valence-corrected chi connectivity index (χ4v) is 6.05. The molecule has 0 saturated carbocycles. The Labute approximate surface area is 234 Å². The van der Waals surface area contributed by atoms with Gasteiger partial charge in [-0.3, -0.25) is 24.0 Å². The van der Waals surface area contributed by atoms with Crippen molar-refractivity contribution >= 4 is 35.0 Å². The van der Waals surface area contributed by atoms with Crippen molar-refractivity contribution in [1.82, 2.24) is 20.0 Å². The average Bonchev–Trinajstić information content (AvgIpc) is 3.64. The molecule has 40 heavy (non-hydrogen) atoms. The molecule has 4 aliphatic heterocycles. The molecule has 4 atom stereocenters. The number of fused-ring (bicyclic) bond motifs is 1. The van der Waals surface area contributed by atoms with Crippen LogP contribution in [-0.4, -0.2) is 115 Å². The Kier molecular flexibility index (Phi) is 7.93. The van der Waals surface area contributed by atoms with Crippen molar-refractivity contribution in [3.8, 4) is 0 Å². The summed E-state index contributed by atoms with van der Waals surface area (Å²) in [4.78, 5) is 72.4. The fraction of sp³-hybridized carbons (Fsp3) is 0.552. The molecule has 1 aromatic carbocycles. The zero-order valence-electron chi connectivity index (χ0n) is 23.2. The van der Waals surface area contributed by atoms with E-state index < -0.39 is 35.9 Å². The lowest BCUT2D eigenvalue weighted by molar-refractivity contribution is -0.145. The van der Waals surface area contributed by atoms with Gasteiger partial charge in [0.2, 0.25) is 17.8 Å². The molecular weight excluding hydrogens is 514 g/mol. The number of likely N-dealkylation sites (tertiary alicyclic amines) is 2. The van der Waals surface area contributed by atoms with E-state index in [4.69, 9.17) is 4.74 Å². The number of ketones is 2. The van der Waals surface area contributed by atoms with Crippen molar-refractivity contribution in [2.24, 2.45) is 5.92 Å². The number of likely N-dealkylation sites (N-methyl/N-ethyl adjacent to an activating group) is 1. The van der Waals surface area contributed by atoms with Gasteiger partial charge in [0.05, 0.1) is 18.8 Å². The third-order valence-electron chi connectivity index (χ3n) is 8.23. The zero-order valence-corrected chi connectivity index (χ0v) is 23.2. The molecule has 3 fully saturated rings. The largest absolute Gasteiger partial charge is 0.480 e. The number of Topliss-reactive ketones (excluding diaryl/α,β-unsaturated/α-hetero) is 1. The van der Waals surface area contributed by atoms with Crippen molar-refractivity contribution in [3.05, 3.63) is 42.2 Å². The van der Waals surface area contributed by atoms with Gasteiger partial charge in [0, 0.05) is 50.1 Å². The molecule has 5 rings (SSSR count). The number of nitrogens with zero attached hydrogens (tertiary/aromatic N) is 4. The predicted octanol–water partition coefficient (Wildman–Crippen LogP) is 0.445. The molecule has 11 heteroatoms. The van der Waals surface area contributed by atoms with Gasteiger partial charge in [0.25, 0.3) is 11.8 Å². The fourth-order valence-electron chi connectivity index (χ4n) is 6.05. The van der Waals surface area contributed by atoms with Crippen LogP contribution >= 0.6 is 0 Å². The standard InChI is InChI=1S/C29H37N5O6/c1-18(2)16-21(30-27(37)19-4-6-20(7-5-19)32-13-11-31(3)12-14-32)28(38)33-10-8-22-25(33)24(36)17-34(22)29(39)26-23(35)9-15-40-26/h4-7,9,15,18,21-22,25-26H,8,10-14,16-17H2,1-3H3,(H,30,37). The van der Waals surface area contributed by atoms with Crippen LogP contribution in [0, 0.1) is 5.92 Å². The van der Waals surface area contributed by atoms with Gasteiger partial charge >= 0.3 is 0 Å². The molecule has 11 nitrogen and oxygen atoms in total. The smallest absolute Gasteiger partial charge is 0.272 e. The number of piperazine rings is 1. The third kappa shape index (κ3) is 5.47. The van der Waals surface area contributed by atoms with Gasteiger partial charge in [-0.05, 0) is 50.1 Å². The first-order valence-electron chi connectivity index (χ1n) is 14.0. The number of rotatable bonds is 7. The second-order valence-corrected chi connectivity index (χ2v) is 11.5. The maximum atomic E-state index is 13.8. The molecule has 214 valence electrons. The first-order valence-corrected chi connectivity index (χ1v) is 14.0. The number of benzene rings is 1. The Morgan fingerprint density at radius 2 is 1.70 bits per heavy atom. The number of amides is 3. The highest BCUT2D eigenvalue weighted by molar-refractivity contribution is 6.12. The maximum absolute atomic E-state index is 13.8. The number of carbonyl (C=O) groups is 5. The number of ether oxygens (including phenoxy) is 1. The van der Waals surface area contributed by atoms with Crippen LogP contribution in [-0.2, 0) is 23.9 Å². The monoisotopic (exact) mass is 551 g/mol. The molecule has 3 amide bonds. The Morgan fingerprint density at radius 1 is 1.00 bits per heavy atom. The first-order chi connectivity index (χ1) is 19.1. The zero-order chi connectivity index (χ0) is 28.6. The van der Waals surface area contributed by atoms with Gasteiger partial charge < -0.3 is 29.7 Å². The minimum absolute atomic E-state index is 0.114. The highest BCUT2D eigenvalue weighted by atomic mass is 16.5. The average molecular weight is 552 g/mol. The molecule has 0 aromatic heterocycles. The van der Waals surface area contributed by atoms with E-state index in [1.54, 1.807) is 12.1 Å². The lowest BCUT2D eigenvalue weighted by Gasteiger charge is -2.34. The summed E-state index contributed by atoms with van der Waals surface area (Å²) in [7, 11) is 2.10. The van der Waals surface area contributed by atoms with Crippen LogP contribution in [0.2, 0.25) is 0 Å². The highest BCUT2D eigenvalue weighted by Crippen LogP contribution is 2.32. The van der Waals surface area contributed by atoms with Gasteiger partial charge in [-0.15, -0.1) is 0 Å². The first kappa shape index (κ1) is 27.8. The molecule has 0 aliphatic carbocycles. The summed E-state index contributed by atoms with van der Waals surface area (Å²) >= 11 is 0. The summed E-state index contributed by atoms with van der Waals surface area (Å²) in [6.45, 7) is 7.86. The lowest BCUT2D eigenvalue weighted by atomic mass is 10.0. The van der Waals surface area contributed by atoms with Gasteiger partial charge in [0.1, 0.15) is 12.1 Å². The Bertz CT molecular complexity index is 1210. The second kappa shape index (κ2) is 11.4. The Hall–Kier alpha value is -3.73. The molecule has 0 spiro atoms. The summed E-state index contributed by atoms with van der Waals surface area (Å²) < 4.78 is 5.15. The minimum atomic E-state index is -1.27. The van der Waals surface area contributed by atoms with Crippen LogP contribution in [0.4, 0.5) is 5.69 Å². The lowest BCUT2D eigenvalue weighted by Crippen LogP contribution is -2.53. The van der Waals surface area contributed by atoms with E-state index in [0.717, 1.165) is 31.9 Å². The molecule has 1 N–H and O–H groups in total. The van der Waals surface area contributed by atoms with Gasteiger partial charge in [-0.1, -0.05) is 13.8 Å². The summed E-state index contributed by atoms with van der Waals surface area (Å²) in [6.07, 6.45) is 1.93. The van der Waals surface area contributed by atoms with E-state index in [1.807, 2.05) is 26.0 Å². The van der Waals surface area contributed by atoms with Crippen molar-refractivity contribution in [1.29, 1.82) is 0 Å². The van der Waals surface area contributed by atoms with Crippen LogP contribution in [0.1, 0.15) is 37.0 Å². The molecule has 4 heterocycles. The second-order valence-electron chi connectivity index (χ2n) is 11.5. The number of nitrogens with one attached hydrogen (secondary N) is 1. The van der Waals surface area contributed by atoms with Crippen LogP contribution in [0.15, 0.2) is 36.6 Å². The molecule has 1 aromatic rings. The van der Waals surface area contributed by atoms with Crippen LogP contribution in [0.5, 0.6) is 0 Å². The molecule has 3 saturated heterocycles. The number of anilines is 1. The van der Waals surface area contributed by atoms with Crippen LogP contribution in [0.3, 0.4) is 0 Å². The van der Waals surface area contributed by atoms with Gasteiger partial charge in [0.15, 0.2) is 5.78 Å². The summed E-state index contributed by atoms with van der Waals surface area (Å²) in [5.74, 6) is -1.83. The van der Waals surface area contributed by atoms with Crippen LogP contribution in [0.25, 0.3) is 0 Å². The molecular formula is C29H37N5O6. The third-order valence-corrected chi connectivity index (χ3v) is 8.23.